The molecule has 14 nitrogen and oxygen atoms in total. The minimum atomic E-state index is -2.32. The molecule has 0 bridgehead atoms. The van der Waals surface area contributed by atoms with Gasteiger partial charge in [-0.1, -0.05) is 26.8 Å². The number of benzene rings is 1. The first-order valence-corrected chi connectivity index (χ1v) is 14.8. The minimum absolute atomic E-state index is 0.00771. The zero-order valence-electron chi connectivity index (χ0n) is 26.5. The van der Waals surface area contributed by atoms with Crippen molar-refractivity contribution >= 4 is 35.7 Å². The van der Waals surface area contributed by atoms with E-state index >= 15 is 0 Å². The molecule has 2 aliphatic rings. The van der Waals surface area contributed by atoms with Gasteiger partial charge in [-0.3, -0.25) is 33.9 Å². The number of pyridine rings is 1. The SMILES string of the molecule is CC(=O)OCOC(=O)[C@@H]1[C@@H](Cc2ccnc(CC(=O)OCOC(=O)C(C)C)c2)C(=O)N1C(=O)C[C@H](C)c1ccc2c(c1)OC(C)(F)O2. The Labute approximate surface area is 269 Å². The van der Waals surface area contributed by atoms with Gasteiger partial charge in [0.15, 0.2) is 11.5 Å². The van der Waals surface area contributed by atoms with E-state index in [1.807, 2.05) is 0 Å². The summed E-state index contributed by atoms with van der Waals surface area (Å²) in [4.78, 5) is 79.7. The monoisotopic (exact) mass is 658 g/mol. The summed E-state index contributed by atoms with van der Waals surface area (Å²) in [6.07, 6.45) is 0.959. The average molecular weight is 659 g/mol. The maximum atomic E-state index is 14.1. The number of fused-ring (bicyclic) bond motifs is 1. The standard InChI is InChI=1S/C32H35FN2O12/c1-17(2)30(40)44-16-43-27(38)14-22-11-20(8-9-34-22)12-23-28(31(41)45-15-42-19(4)36)35(29(23)39)26(37)10-18(3)21-6-7-24-25(13-21)47-32(5,33)46-24/h6-9,11,13,17-18,23,28H,10,12,14-16H2,1-5H3/t18-,23+,28-,32?/m0/s1. The summed E-state index contributed by atoms with van der Waals surface area (Å²) in [5, 5.41) is 0. The van der Waals surface area contributed by atoms with Crippen molar-refractivity contribution in [1.29, 1.82) is 0 Å². The summed E-state index contributed by atoms with van der Waals surface area (Å²) >= 11 is 0. The Morgan fingerprint density at radius 1 is 0.979 bits per heavy atom. The molecule has 1 fully saturated rings. The second-order valence-electron chi connectivity index (χ2n) is 11.5. The second-order valence-corrected chi connectivity index (χ2v) is 11.5. The largest absolute Gasteiger partial charge is 0.428 e. The van der Waals surface area contributed by atoms with Gasteiger partial charge < -0.3 is 28.4 Å². The van der Waals surface area contributed by atoms with E-state index in [2.05, 4.69) is 9.72 Å². The van der Waals surface area contributed by atoms with Crippen LogP contribution in [-0.2, 0) is 60.6 Å². The molecule has 47 heavy (non-hydrogen) atoms. The number of amides is 2. The molecule has 15 heteroatoms. The third-order valence-corrected chi connectivity index (χ3v) is 7.34. The Hall–Kier alpha value is -5.08. The van der Waals surface area contributed by atoms with Crippen LogP contribution in [0, 0.1) is 11.8 Å². The zero-order chi connectivity index (χ0) is 34.5. The number of imide groups is 1. The molecule has 1 saturated heterocycles. The number of likely N-dealkylation sites (tertiary alicyclic amines) is 1. The lowest BCUT2D eigenvalue weighted by Gasteiger charge is -2.44. The van der Waals surface area contributed by atoms with E-state index in [1.165, 1.54) is 12.3 Å². The lowest BCUT2D eigenvalue weighted by Crippen LogP contribution is -2.67. The highest BCUT2D eigenvalue weighted by Crippen LogP contribution is 2.42. The number of hydrogen-bond acceptors (Lipinski definition) is 13. The molecule has 0 aliphatic carbocycles. The van der Waals surface area contributed by atoms with Gasteiger partial charge in [0, 0.05) is 26.5 Å². The number of carbonyl (C=O) groups is 6. The maximum Gasteiger partial charge on any atom is 0.404 e. The fraction of sp³-hybridized carbons (Fsp3) is 0.469. The number of ether oxygens (including phenoxy) is 6. The highest BCUT2D eigenvalue weighted by atomic mass is 19.2. The Kier molecular flexibility index (Phi) is 10.8. The summed E-state index contributed by atoms with van der Waals surface area (Å²) < 4.78 is 43.8. The molecule has 2 aliphatic heterocycles. The Morgan fingerprint density at radius 2 is 1.68 bits per heavy atom. The van der Waals surface area contributed by atoms with Gasteiger partial charge in [-0.25, -0.2) is 4.79 Å². The molecule has 3 heterocycles. The number of aromatic nitrogens is 1. The van der Waals surface area contributed by atoms with Crippen LogP contribution in [0.25, 0.3) is 0 Å². The first kappa shape index (κ1) is 34.8. The zero-order valence-corrected chi connectivity index (χ0v) is 26.5. The molecule has 4 atom stereocenters. The van der Waals surface area contributed by atoms with Gasteiger partial charge in [0.1, 0.15) is 6.04 Å². The molecule has 1 unspecified atom stereocenters. The van der Waals surface area contributed by atoms with Gasteiger partial charge in [-0.2, -0.15) is 4.39 Å². The summed E-state index contributed by atoms with van der Waals surface area (Å²) in [7, 11) is 0. The normalized spacial score (nSPS) is 20.2. The van der Waals surface area contributed by atoms with Crippen molar-refractivity contribution < 1.29 is 61.6 Å². The Balaban J connectivity index is 1.43. The number of alkyl halides is 1. The van der Waals surface area contributed by atoms with Gasteiger partial charge in [-0.05, 0) is 47.7 Å². The van der Waals surface area contributed by atoms with E-state index in [1.54, 1.807) is 45.0 Å². The topological polar surface area (TPSA) is 174 Å². The van der Waals surface area contributed by atoms with Crippen LogP contribution >= 0.6 is 0 Å². The van der Waals surface area contributed by atoms with Crippen molar-refractivity contribution in [1.82, 2.24) is 9.88 Å². The van der Waals surface area contributed by atoms with E-state index in [0.29, 0.717) is 16.8 Å². The molecule has 0 spiro atoms. The fourth-order valence-electron chi connectivity index (χ4n) is 4.96. The Morgan fingerprint density at radius 3 is 2.38 bits per heavy atom. The van der Waals surface area contributed by atoms with Crippen LogP contribution < -0.4 is 9.47 Å². The molecule has 4 rings (SSSR count). The number of esters is 4. The van der Waals surface area contributed by atoms with Crippen molar-refractivity contribution in [3.8, 4) is 11.5 Å². The lowest BCUT2D eigenvalue weighted by atomic mass is 9.81. The van der Waals surface area contributed by atoms with Crippen LogP contribution in [0.2, 0.25) is 0 Å². The third kappa shape index (κ3) is 8.80. The van der Waals surface area contributed by atoms with Crippen LogP contribution in [-0.4, -0.2) is 71.2 Å². The first-order chi connectivity index (χ1) is 22.1. The first-order valence-electron chi connectivity index (χ1n) is 14.8. The van der Waals surface area contributed by atoms with Gasteiger partial charge >= 0.3 is 29.9 Å². The third-order valence-electron chi connectivity index (χ3n) is 7.34. The molecule has 0 radical (unpaired) electrons. The molecule has 2 amide bonds. The molecule has 1 aromatic heterocycles. The van der Waals surface area contributed by atoms with E-state index in [-0.39, 0.29) is 36.7 Å². The van der Waals surface area contributed by atoms with Crippen molar-refractivity contribution in [3.05, 3.63) is 53.3 Å². The molecular weight excluding hydrogens is 623 g/mol. The predicted molar refractivity (Wildman–Crippen MR) is 156 cm³/mol. The van der Waals surface area contributed by atoms with E-state index in [4.69, 9.17) is 23.7 Å². The van der Waals surface area contributed by atoms with Crippen LogP contribution in [0.1, 0.15) is 63.8 Å². The van der Waals surface area contributed by atoms with Crippen LogP contribution in [0.15, 0.2) is 36.5 Å². The maximum absolute atomic E-state index is 14.1. The predicted octanol–water partition coefficient (Wildman–Crippen LogP) is 2.89. The minimum Gasteiger partial charge on any atom is -0.428 e. The summed E-state index contributed by atoms with van der Waals surface area (Å²) in [5.41, 5.74) is 1.44. The van der Waals surface area contributed by atoms with Crippen molar-refractivity contribution in [2.45, 2.75) is 71.9 Å². The summed E-state index contributed by atoms with van der Waals surface area (Å²) in [5.74, 6) is -5.64. The highest BCUT2D eigenvalue weighted by molar-refractivity contribution is 6.08. The molecule has 2 aromatic rings. The molecule has 0 saturated carbocycles. The number of halogens is 1. The quantitative estimate of drug-likeness (QED) is 0.175. The second kappa shape index (κ2) is 14.6. The van der Waals surface area contributed by atoms with Gasteiger partial charge in [0.05, 0.1) is 24.0 Å². The van der Waals surface area contributed by atoms with Crippen LogP contribution in [0.3, 0.4) is 0 Å². The summed E-state index contributed by atoms with van der Waals surface area (Å²) in [6.45, 7) is 5.98. The van der Waals surface area contributed by atoms with Gasteiger partial charge in [0.2, 0.25) is 25.4 Å². The molecule has 1 aromatic carbocycles. The average Bonchev–Trinajstić information content (AvgIpc) is 3.31. The lowest BCUT2D eigenvalue weighted by molar-refractivity contribution is -0.187. The number of nitrogens with zero attached hydrogens (tertiary/aromatic N) is 2. The number of hydrogen-bond donors (Lipinski definition) is 0. The molecule has 0 N–H and O–H groups in total. The Bertz CT molecular complexity index is 1560. The van der Waals surface area contributed by atoms with Crippen molar-refractivity contribution in [2.75, 3.05) is 13.6 Å². The molecule has 252 valence electrons. The summed E-state index contributed by atoms with van der Waals surface area (Å²) in [6, 6.07) is 4.19. The van der Waals surface area contributed by atoms with Crippen LogP contribution in [0.4, 0.5) is 4.39 Å². The molecular formula is C32H35FN2O12. The van der Waals surface area contributed by atoms with E-state index in [9.17, 15) is 33.2 Å². The van der Waals surface area contributed by atoms with Gasteiger partial charge in [-0.15, -0.1) is 0 Å². The van der Waals surface area contributed by atoms with Crippen molar-refractivity contribution in [2.24, 2.45) is 11.8 Å². The van der Waals surface area contributed by atoms with E-state index < -0.39 is 73.2 Å². The van der Waals surface area contributed by atoms with Crippen molar-refractivity contribution in [3.63, 3.8) is 0 Å². The number of carbonyl (C=O) groups excluding carboxylic acids is 6. The van der Waals surface area contributed by atoms with Crippen LogP contribution in [0.5, 0.6) is 11.5 Å². The van der Waals surface area contributed by atoms with E-state index in [0.717, 1.165) is 18.7 Å². The number of β-lactam (4-membered cyclic amide) rings is 1. The van der Waals surface area contributed by atoms with Gasteiger partial charge in [0.25, 0.3) is 0 Å². The number of rotatable bonds is 13. The fourth-order valence-corrected chi connectivity index (χ4v) is 4.96. The smallest absolute Gasteiger partial charge is 0.404 e. The highest BCUT2D eigenvalue weighted by Gasteiger charge is 2.55.